The van der Waals surface area contributed by atoms with Gasteiger partial charge in [0.2, 0.25) is 5.91 Å². The van der Waals surface area contributed by atoms with E-state index >= 15 is 0 Å². The van der Waals surface area contributed by atoms with Crippen LogP contribution in [0.4, 0.5) is 0 Å². The Balaban J connectivity index is 2.40. The Kier molecular flexibility index (Phi) is 4.86. The van der Waals surface area contributed by atoms with Crippen molar-refractivity contribution in [1.29, 1.82) is 0 Å². The van der Waals surface area contributed by atoms with E-state index in [9.17, 15) is 4.79 Å². The lowest BCUT2D eigenvalue weighted by molar-refractivity contribution is -0.123. The van der Waals surface area contributed by atoms with Crippen molar-refractivity contribution in [2.45, 2.75) is 31.7 Å². The molecular formula is C9H19N3O2. The zero-order valence-electron chi connectivity index (χ0n) is 8.41. The van der Waals surface area contributed by atoms with Gasteiger partial charge in [-0.25, -0.2) is 5.84 Å². The molecule has 4 N–H and O–H groups in total. The first kappa shape index (κ1) is 11.4. The number of nitrogens with two attached hydrogens (primary N) is 1. The van der Waals surface area contributed by atoms with Gasteiger partial charge in [-0.3, -0.25) is 15.1 Å². The second kappa shape index (κ2) is 5.95. The predicted octanol–water partition coefficient (Wildman–Crippen LogP) is -0.787. The van der Waals surface area contributed by atoms with Crippen LogP contribution in [0, 0.1) is 0 Å². The molecule has 1 saturated carbocycles. The van der Waals surface area contributed by atoms with Gasteiger partial charge in [-0.15, -0.1) is 0 Å². The van der Waals surface area contributed by atoms with E-state index < -0.39 is 0 Å². The van der Waals surface area contributed by atoms with Crippen molar-refractivity contribution >= 4 is 5.91 Å². The van der Waals surface area contributed by atoms with Crippen LogP contribution >= 0.6 is 0 Å². The summed E-state index contributed by atoms with van der Waals surface area (Å²) in [6, 6.07) is 0.444. The molecule has 82 valence electrons. The Bertz CT molecular complexity index is 181. The first-order valence-electron chi connectivity index (χ1n) is 5.12. The lowest BCUT2D eigenvalue weighted by atomic mass is 10.2. The Morgan fingerprint density at radius 1 is 1.50 bits per heavy atom. The highest BCUT2D eigenvalue weighted by molar-refractivity contribution is 5.77. The van der Waals surface area contributed by atoms with Crippen molar-refractivity contribution in [3.8, 4) is 0 Å². The molecule has 0 atom stereocenters. The summed E-state index contributed by atoms with van der Waals surface area (Å²) in [4.78, 5) is 13.1. The molecule has 0 aromatic heterocycles. The topological polar surface area (TPSA) is 78.6 Å². The van der Waals surface area contributed by atoms with Crippen molar-refractivity contribution in [3.05, 3.63) is 0 Å². The highest BCUT2D eigenvalue weighted by Gasteiger charge is 2.23. The second-order valence-corrected chi connectivity index (χ2v) is 3.70. The zero-order valence-corrected chi connectivity index (χ0v) is 8.41. The number of rotatable bonds is 5. The third kappa shape index (κ3) is 3.25. The van der Waals surface area contributed by atoms with Crippen LogP contribution in [-0.4, -0.2) is 41.7 Å². The minimum absolute atomic E-state index is 0.0916. The predicted molar refractivity (Wildman–Crippen MR) is 53.2 cm³/mol. The molecule has 0 unspecified atom stereocenters. The van der Waals surface area contributed by atoms with Gasteiger partial charge in [-0.1, -0.05) is 12.8 Å². The molecule has 0 spiro atoms. The molecule has 1 rings (SSSR count). The van der Waals surface area contributed by atoms with E-state index in [1.54, 1.807) is 0 Å². The average Bonchev–Trinajstić information content (AvgIpc) is 2.69. The van der Waals surface area contributed by atoms with Crippen molar-refractivity contribution in [1.82, 2.24) is 10.3 Å². The van der Waals surface area contributed by atoms with Gasteiger partial charge in [0.1, 0.15) is 0 Å². The van der Waals surface area contributed by atoms with Gasteiger partial charge in [-0.05, 0) is 12.8 Å². The Morgan fingerprint density at radius 3 is 2.64 bits per heavy atom. The molecule has 1 aliphatic rings. The number of nitrogens with zero attached hydrogens (tertiary/aromatic N) is 1. The minimum Gasteiger partial charge on any atom is -0.395 e. The molecule has 0 aromatic rings. The molecule has 1 aliphatic carbocycles. The van der Waals surface area contributed by atoms with Gasteiger partial charge in [-0.2, -0.15) is 0 Å². The number of aliphatic hydroxyl groups excluding tert-OH is 1. The molecule has 0 saturated heterocycles. The standard InChI is InChI=1S/C9H19N3O2/c10-11-9(14)7-12(5-6-13)8-3-1-2-4-8/h8,13H,1-7,10H2,(H,11,14). The van der Waals surface area contributed by atoms with Crippen LogP contribution < -0.4 is 11.3 Å². The van der Waals surface area contributed by atoms with Crippen LogP contribution in [0.1, 0.15) is 25.7 Å². The SMILES string of the molecule is NNC(=O)CN(CCO)C1CCCC1. The highest BCUT2D eigenvalue weighted by atomic mass is 16.3. The van der Waals surface area contributed by atoms with Gasteiger partial charge >= 0.3 is 0 Å². The van der Waals surface area contributed by atoms with Crippen molar-refractivity contribution in [2.24, 2.45) is 5.84 Å². The lowest BCUT2D eigenvalue weighted by Crippen LogP contribution is -2.45. The molecule has 0 aliphatic heterocycles. The van der Waals surface area contributed by atoms with Gasteiger partial charge in [0, 0.05) is 12.6 Å². The van der Waals surface area contributed by atoms with Crippen molar-refractivity contribution in [3.63, 3.8) is 0 Å². The van der Waals surface area contributed by atoms with Gasteiger partial charge in [0.15, 0.2) is 0 Å². The quantitative estimate of drug-likeness (QED) is 0.309. The molecule has 14 heavy (non-hydrogen) atoms. The summed E-state index contributed by atoms with van der Waals surface area (Å²) in [5, 5.41) is 8.88. The van der Waals surface area contributed by atoms with Crippen LogP contribution in [0.15, 0.2) is 0 Å². The summed E-state index contributed by atoms with van der Waals surface area (Å²) in [7, 11) is 0. The lowest BCUT2D eigenvalue weighted by Gasteiger charge is -2.26. The van der Waals surface area contributed by atoms with E-state index in [0.717, 1.165) is 12.8 Å². The second-order valence-electron chi connectivity index (χ2n) is 3.70. The van der Waals surface area contributed by atoms with Gasteiger partial charge in [0.25, 0.3) is 0 Å². The number of carbonyl (C=O) groups is 1. The fourth-order valence-electron chi connectivity index (χ4n) is 2.02. The van der Waals surface area contributed by atoms with Crippen LogP contribution in [-0.2, 0) is 4.79 Å². The monoisotopic (exact) mass is 201 g/mol. The van der Waals surface area contributed by atoms with Crippen molar-refractivity contribution in [2.75, 3.05) is 19.7 Å². The summed E-state index contributed by atoms with van der Waals surface area (Å²) in [5.74, 6) is 4.84. The normalized spacial score (nSPS) is 17.6. The zero-order chi connectivity index (χ0) is 10.4. The molecule has 0 heterocycles. The van der Waals surface area contributed by atoms with Crippen LogP contribution in [0.25, 0.3) is 0 Å². The molecule has 5 heteroatoms. The smallest absolute Gasteiger partial charge is 0.248 e. The van der Waals surface area contributed by atoms with E-state index in [0.29, 0.717) is 19.1 Å². The maximum absolute atomic E-state index is 11.1. The summed E-state index contributed by atoms with van der Waals surface area (Å²) in [5.41, 5.74) is 2.12. The number of amides is 1. The molecule has 0 aromatic carbocycles. The highest BCUT2D eigenvalue weighted by Crippen LogP contribution is 2.22. The van der Waals surface area contributed by atoms with Crippen LogP contribution in [0.5, 0.6) is 0 Å². The number of hydrogen-bond donors (Lipinski definition) is 3. The maximum atomic E-state index is 11.1. The van der Waals surface area contributed by atoms with Crippen molar-refractivity contribution < 1.29 is 9.90 Å². The largest absolute Gasteiger partial charge is 0.395 e. The maximum Gasteiger partial charge on any atom is 0.248 e. The van der Waals surface area contributed by atoms with E-state index in [2.05, 4.69) is 5.43 Å². The number of carbonyl (C=O) groups excluding carboxylic acids is 1. The molecule has 1 amide bonds. The Hall–Kier alpha value is -0.650. The van der Waals surface area contributed by atoms with Gasteiger partial charge < -0.3 is 5.11 Å². The molecule has 0 bridgehead atoms. The number of nitrogens with one attached hydrogen (secondary N) is 1. The Labute approximate surface area is 84.2 Å². The summed E-state index contributed by atoms with van der Waals surface area (Å²) >= 11 is 0. The van der Waals surface area contributed by atoms with Gasteiger partial charge in [0.05, 0.1) is 13.2 Å². The van der Waals surface area contributed by atoms with E-state index in [4.69, 9.17) is 10.9 Å². The average molecular weight is 201 g/mol. The van der Waals surface area contributed by atoms with Crippen LogP contribution in [0.2, 0.25) is 0 Å². The Morgan fingerprint density at radius 2 is 2.14 bits per heavy atom. The van der Waals surface area contributed by atoms with Crippen LogP contribution in [0.3, 0.4) is 0 Å². The molecular weight excluding hydrogens is 182 g/mol. The summed E-state index contributed by atoms with van der Waals surface area (Å²) in [6.07, 6.45) is 4.68. The van der Waals surface area contributed by atoms with E-state index in [1.165, 1.54) is 12.8 Å². The number of aliphatic hydroxyl groups is 1. The summed E-state index contributed by atoms with van der Waals surface area (Å²) in [6.45, 7) is 0.939. The molecule has 0 radical (unpaired) electrons. The third-order valence-electron chi connectivity index (χ3n) is 2.74. The first-order chi connectivity index (χ1) is 6.77. The number of hydrogen-bond acceptors (Lipinski definition) is 4. The first-order valence-corrected chi connectivity index (χ1v) is 5.12. The molecule has 1 fully saturated rings. The summed E-state index contributed by atoms with van der Waals surface area (Å²) < 4.78 is 0. The molecule has 5 nitrogen and oxygen atoms in total. The third-order valence-corrected chi connectivity index (χ3v) is 2.74. The van der Waals surface area contributed by atoms with E-state index in [1.807, 2.05) is 4.90 Å². The fraction of sp³-hybridized carbons (Fsp3) is 0.889. The minimum atomic E-state index is -0.189. The fourth-order valence-corrected chi connectivity index (χ4v) is 2.02. The number of hydrazine groups is 1. The van der Waals surface area contributed by atoms with E-state index in [-0.39, 0.29) is 12.5 Å².